The van der Waals surface area contributed by atoms with E-state index in [9.17, 15) is 4.79 Å². The van der Waals surface area contributed by atoms with Gasteiger partial charge in [-0.1, -0.05) is 24.3 Å². The monoisotopic (exact) mass is 360 g/mol. The van der Waals surface area contributed by atoms with Gasteiger partial charge < -0.3 is 15.0 Å². The molecule has 0 aliphatic carbocycles. The number of ether oxygens (including phenoxy) is 1. The van der Waals surface area contributed by atoms with Crippen LogP contribution in [0.2, 0.25) is 0 Å². The number of anilines is 3. The summed E-state index contributed by atoms with van der Waals surface area (Å²) in [7, 11) is 1.62. The summed E-state index contributed by atoms with van der Waals surface area (Å²) in [6.45, 7) is 0.696. The van der Waals surface area contributed by atoms with E-state index in [-0.39, 0.29) is 5.91 Å². The van der Waals surface area contributed by atoms with Gasteiger partial charge in [-0.05, 0) is 36.6 Å². The summed E-state index contributed by atoms with van der Waals surface area (Å²) in [6, 6.07) is 15.6. The predicted molar refractivity (Wildman–Crippen MR) is 105 cm³/mol. The molecule has 1 N–H and O–H groups in total. The Morgan fingerprint density at radius 2 is 2.00 bits per heavy atom. The molecule has 6 heteroatoms. The molecule has 3 aromatic rings. The van der Waals surface area contributed by atoms with Crippen LogP contribution in [0.5, 0.6) is 5.75 Å². The van der Waals surface area contributed by atoms with Crippen molar-refractivity contribution in [2.24, 2.45) is 0 Å². The summed E-state index contributed by atoms with van der Waals surface area (Å²) in [5.74, 6) is 1.20. The first kappa shape index (κ1) is 17.0. The molecule has 27 heavy (non-hydrogen) atoms. The van der Waals surface area contributed by atoms with Crippen molar-refractivity contribution in [1.82, 2.24) is 9.97 Å². The molecule has 0 saturated heterocycles. The van der Waals surface area contributed by atoms with Crippen molar-refractivity contribution in [1.29, 1.82) is 0 Å². The molecule has 4 rings (SSSR count). The number of amides is 1. The molecule has 0 spiro atoms. The summed E-state index contributed by atoms with van der Waals surface area (Å²) < 4.78 is 5.21. The minimum absolute atomic E-state index is 0.123. The third-order valence-electron chi connectivity index (χ3n) is 4.57. The molecule has 2 heterocycles. The van der Waals surface area contributed by atoms with E-state index >= 15 is 0 Å². The Hall–Kier alpha value is -3.41. The van der Waals surface area contributed by atoms with Crippen LogP contribution in [0.25, 0.3) is 0 Å². The number of fused-ring (bicyclic) bond motifs is 1. The van der Waals surface area contributed by atoms with Crippen LogP contribution >= 0.6 is 0 Å². The number of aryl methyl sites for hydroxylation is 1. The lowest BCUT2D eigenvalue weighted by Gasteiger charge is -2.29. The Balaban J connectivity index is 1.51. The molecular formula is C21H20N4O2. The zero-order valence-electron chi connectivity index (χ0n) is 15.1. The van der Waals surface area contributed by atoms with Gasteiger partial charge in [0.1, 0.15) is 17.3 Å². The van der Waals surface area contributed by atoms with Crippen LogP contribution in [0, 0.1) is 0 Å². The maximum atomic E-state index is 12.9. The van der Waals surface area contributed by atoms with Gasteiger partial charge in [0.15, 0.2) is 0 Å². The molecule has 0 radical (unpaired) electrons. The number of para-hydroxylation sites is 1. The molecule has 0 fully saturated rings. The highest BCUT2D eigenvalue weighted by Gasteiger charge is 2.24. The van der Waals surface area contributed by atoms with Gasteiger partial charge in [0, 0.05) is 24.0 Å². The lowest BCUT2D eigenvalue weighted by Crippen LogP contribution is -2.36. The van der Waals surface area contributed by atoms with E-state index in [1.54, 1.807) is 18.2 Å². The summed E-state index contributed by atoms with van der Waals surface area (Å²) in [6.07, 6.45) is 5.03. The number of hydrogen-bond donors (Lipinski definition) is 1. The van der Waals surface area contributed by atoms with Crippen molar-refractivity contribution in [3.05, 3.63) is 72.2 Å². The fraction of sp³-hybridized carbons (Fsp3) is 0.190. The highest BCUT2D eigenvalue weighted by atomic mass is 16.5. The average Bonchev–Trinajstić information content (AvgIpc) is 2.73. The zero-order valence-corrected chi connectivity index (χ0v) is 15.1. The van der Waals surface area contributed by atoms with Gasteiger partial charge in [-0.2, -0.15) is 0 Å². The van der Waals surface area contributed by atoms with Crippen LogP contribution in [0.4, 0.5) is 17.2 Å². The first-order valence-corrected chi connectivity index (χ1v) is 8.87. The number of carbonyl (C=O) groups is 1. The topological polar surface area (TPSA) is 67.3 Å². The smallest absolute Gasteiger partial charge is 0.278 e. The summed E-state index contributed by atoms with van der Waals surface area (Å²) in [5.41, 5.74) is 3.34. The number of nitrogens with one attached hydrogen (secondary N) is 1. The van der Waals surface area contributed by atoms with Gasteiger partial charge in [-0.25, -0.2) is 9.97 Å². The number of aromatic nitrogens is 2. The Morgan fingerprint density at radius 1 is 1.11 bits per heavy atom. The number of nitrogens with zero attached hydrogens (tertiary/aromatic N) is 3. The van der Waals surface area contributed by atoms with E-state index < -0.39 is 0 Å². The molecule has 6 nitrogen and oxygen atoms in total. The number of carbonyl (C=O) groups excluding carboxylic acids is 1. The summed E-state index contributed by atoms with van der Waals surface area (Å²) in [5, 5.41) is 3.16. The number of methoxy groups -OCH3 is 1. The Bertz CT molecular complexity index is 956. The van der Waals surface area contributed by atoms with Crippen LogP contribution in [-0.2, 0) is 6.42 Å². The van der Waals surface area contributed by atoms with Crippen molar-refractivity contribution < 1.29 is 9.53 Å². The Kier molecular flexibility index (Phi) is 4.70. The van der Waals surface area contributed by atoms with Crippen LogP contribution in [0.15, 0.2) is 60.9 Å². The largest absolute Gasteiger partial charge is 0.497 e. The predicted octanol–water partition coefficient (Wildman–Crippen LogP) is 3.82. The third-order valence-corrected chi connectivity index (χ3v) is 4.57. The number of rotatable bonds is 4. The van der Waals surface area contributed by atoms with Crippen LogP contribution in [0.1, 0.15) is 22.5 Å². The minimum atomic E-state index is -0.123. The van der Waals surface area contributed by atoms with Gasteiger partial charge in [-0.15, -0.1) is 0 Å². The molecule has 0 saturated carbocycles. The van der Waals surface area contributed by atoms with E-state index in [1.807, 2.05) is 42.5 Å². The van der Waals surface area contributed by atoms with Gasteiger partial charge in [0.2, 0.25) is 0 Å². The van der Waals surface area contributed by atoms with Crippen molar-refractivity contribution in [3.8, 4) is 5.75 Å². The molecule has 1 amide bonds. The SMILES string of the molecule is COc1cccc(Nc2cnc(C(=O)N3CCCc4ccccc43)cn2)c1. The second-order valence-corrected chi connectivity index (χ2v) is 6.33. The molecule has 0 bridgehead atoms. The maximum absolute atomic E-state index is 12.9. The highest BCUT2D eigenvalue weighted by molar-refractivity contribution is 6.05. The molecule has 1 aromatic heterocycles. The number of benzene rings is 2. The van der Waals surface area contributed by atoms with Crippen molar-refractivity contribution >= 4 is 23.1 Å². The average molecular weight is 360 g/mol. The van der Waals surface area contributed by atoms with Gasteiger partial charge in [0.25, 0.3) is 5.91 Å². The lowest BCUT2D eigenvalue weighted by atomic mass is 10.0. The fourth-order valence-electron chi connectivity index (χ4n) is 3.23. The second kappa shape index (κ2) is 7.45. The van der Waals surface area contributed by atoms with Crippen LogP contribution < -0.4 is 15.0 Å². The van der Waals surface area contributed by atoms with Gasteiger partial charge in [-0.3, -0.25) is 4.79 Å². The molecule has 0 atom stereocenters. The van der Waals surface area contributed by atoms with Crippen LogP contribution in [-0.4, -0.2) is 29.5 Å². The Labute approximate surface area is 157 Å². The highest BCUT2D eigenvalue weighted by Crippen LogP contribution is 2.28. The van der Waals surface area contributed by atoms with Gasteiger partial charge >= 0.3 is 0 Å². The normalized spacial score (nSPS) is 13.0. The molecule has 2 aromatic carbocycles. The maximum Gasteiger partial charge on any atom is 0.278 e. The minimum Gasteiger partial charge on any atom is -0.497 e. The summed E-state index contributed by atoms with van der Waals surface area (Å²) in [4.78, 5) is 23.3. The quantitative estimate of drug-likeness (QED) is 0.766. The van der Waals surface area contributed by atoms with Crippen LogP contribution in [0.3, 0.4) is 0 Å². The molecular weight excluding hydrogens is 340 g/mol. The molecule has 1 aliphatic heterocycles. The standard InChI is InChI=1S/C21H20N4O2/c1-27-17-9-4-8-16(12-17)24-20-14-22-18(13-23-20)21(26)25-11-5-7-15-6-2-3-10-19(15)25/h2-4,6,8-10,12-14H,5,7,11H2,1H3,(H,23,24). The third kappa shape index (κ3) is 3.60. The van der Waals surface area contributed by atoms with Gasteiger partial charge in [0.05, 0.1) is 19.5 Å². The Morgan fingerprint density at radius 3 is 2.81 bits per heavy atom. The zero-order chi connectivity index (χ0) is 18.6. The van der Waals surface area contributed by atoms with E-state index in [0.717, 1.165) is 30.0 Å². The fourth-order valence-corrected chi connectivity index (χ4v) is 3.23. The van der Waals surface area contributed by atoms with E-state index in [0.29, 0.717) is 18.1 Å². The van der Waals surface area contributed by atoms with Crippen molar-refractivity contribution in [2.45, 2.75) is 12.8 Å². The van der Waals surface area contributed by atoms with E-state index in [2.05, 4.69) is 21.4 Å². The second-order valence-electron chi connectivity index (χ2n) is 6.33. The lowest BCUT2D eigenvalue weighted by molar-refractivity contribution is 0.0980. The van der Waals surface area contributed by atoms with E-state index in [4.69, 9.17) is 4.74 Å². The number of hydrogen-bond acceptors (Lipinski definition) is 5. The summed E-state index contributed by atoms with van der Waals surface area (Å²) >= 11 is 0. The molecule has 136 valence electrons. The molecule has 1 aliphatic rings. The van der Waals surface area contributed by atoms with Crippen molar-refractivity contribution in [3.63, 3.8) is 0 Å². The first-order chi connectivity index (χ1) is 13.2. The van der Waals surface area contributed by atoms with E-state index in [1.165, 1.54) is 11.8 Å². The first-order valence-electron chi connectivity index (χ1n) is 8.87. The van der Waals surface area contributed by atoms with Crippen molar-refractivity contribution in [2.75, 3.05) is 23.9 Å². The molecule has 0 unspecified atom stereocenters.